The first kappa shape index (κ1) is 27.6. The summed E-state index contributed by atoms with van der Waals surface area (Å²) in [6.07, 6.45) is 1.85. The van der Waals surface area contributed by atoms with Crippen molar-refractivity contribution >= 4 is 23.5 Å². The number of para-hydroxylation sites is 2. The van der Waals surface area contributed by atoms with Crippen LogP contribution < -0.4 is 9.64 Å². The van der Waals surface area contributed by atoms with Crippen LogP contribution in [-0.2, 0) is 17.5 Å². The van der Waals surface area contributed by atoms with Crippen molar-refractivity contribution in [2.45, 2.75) is 44.8 Å². The maximum absolute atomic E-state index is 13.6. The quantitative estimate of drug-likeness (QED) is 0.162. The number of benzene rings is 3. The Bertz CT molecular complexity index is 1390. The lowest BCUT2D eigenvalue weighted by atomic mass is 10.0. The number of nitrogens with zero attached hydrogens (tertiary/aromatic N) is 2. The smallest absolute Gasteiger partial charge is 0.416 e. The summed E-state index contributed by atoms with van der Waals surface area (Å²) < 4.78 is 46.8. The number of ether oxygens (including phenoxy) is 1. The number of Topliss-reactive ketones (excluding diaryl/α,β-unsaturated/α-hetero) is 1. The summed E-state index contributed by atoms with van der Waals surface area (Å²) in [5.41, 5.74) is 0.850. The predicted molar refractivity (Wildman–Crippen MR) is 148 cm³/mol. The molecule has 3 aromatic carbocycles. The number of ketones is 1. The molecule has 2 heterocycles. The molecule has 0 radical (unpaired) electrons. The Kier molecular flexibility index (Phi) is 8.35. The van der Waals surface area contributed by atoms with Gasteiger partial charge >= 0.3 is 6.18 Å². The summed E-state index contributed by atoms with van der Waals surface area (Å²) in [7, 11) is 0. The topological polar surface area (TPSA) is 49.9 Å². The van der Waals surface area contributed by atoms with Crippen molar-refractivity contribution in [2.75, 3.05) is 24.5 Å². The first-order chi connectivity index (χ1) is 19.3. The number of rotatable bonds is 9. The average molecular weight is 549 g/mol. The minimum atomic E-state index is -4.54. The number of halogens is 3. The van der Waals surface area contributed by atoms with Gasteiger partial charge in [-0.3, -0.25) is 14.5 Å². The summed E-state index contributed by atoms with van der Waals surface area (Å²) in [5, 5.41) is 0. The Balaban J connectivity index is 1.30. The van der Waals surface area contributed by atoms with Gasteiger partial charge in [-0.05, 0) is 80.7 Å². The number of hydrogen-bond donors (Lipinski definition) is 0. The molecular formula is C32H31F3N2O3. The molecular weight excluding hydrogens is 517 g/mol. The van der Waals surface area contributed by atoms with E-state index in [1.807, 2.05) is 0 Å². The van der Waals surface area contributed by atoms with Crippen LogP contribution in [0.1, 0.15) is 59.2 Å². The highest BCUT2D eigenvalue weighted by molar-refractivity contribution is 6.09. The summed E-state index contributed by atoms with van der Waals surface area (Å²) in [6.45, 7) is 3.08. The summed E-state index contributed by atoms with van der Waals surface area (Å²) in [4.78, 5) is 29.9. The Labute approximate surface area is 231 Å². The highest BCUT2D eigenvalue weighted by atomic mass is 19.4. The maximum atomic E-state index is 13.6. The molecule has 2 aliphatic heterocycles. The molecule has 0 atom stereocenters. The van der Waals surface area contributed by atoms with Crippen molar-refractivity contribution < 1.29 is 27.5 Å². The molecule has 0 aliphatic carbocycles. The van der Waals surface area contributed by atoms with Crippen LogP contribution in [0.25, 0.3) is 6.08 Å². The third-order valence-electron chi connectivity index (χ3n) is 7.34. The zero-order valence-corrected chi connectivity index (χ0v) is 22.1. The van der Waals surface area contributed by atoms with Gasteiger partial charge in [-0.15, -0.1) is 0 Å². The van der Waals surface area contributed by atoms with E-state index in [4.69, 9.17) is 4.74 Å². The minimum Gasteiger partial charge on any atom is -0.449 e. The Hall–Kier alpha value is -3.91. The van der Waals surface area contributed by atoms with Crippen molar-refractivity contribution in [3.05, 3.63) is 101 Å². The summed E-state index contributed by atoms with van der Waals surface area (Å²) >= 11 is 0. The number of carbonyl (C=O) groups is 2. The fourth-order valence-corrected chi connectivity index (χ4v) is 5.21. The Morgan fingerprint density at radius 1 is 0.900 bits per heavy atom. The lowest BCUT2D eigenvalue weighted by molar-refractivity contribution is -0.138. The Morgan fingerprint density at radius 3 is 2.35 bits per heavy atom. The van der Waals surface area contributed by atoms with Gasteiger partial charge in [0.1, 0.15) is 0 Å². The normalized spacial score (nSPS) is 16.7. The molecule has 0 aromatic heterocycles. The zero-order valence-electron chi connectivity index (χ0n) is 22.1. The van der Waals surface area contributed by atoms with Gasteiger partial charge in [0.15, 0.2) is 17.3 Å². The third kappa shape index (κ3) is 6.45. The summed E-state index contributed by atoms with van der Waals surface area (Å²) in [6, 6.07) is 18.9. The van der Waals surface area contributed by atoms with Gasteiger partial charge in [0, 0.05) is 12.0 Å². The van der Waals surface area contributed by atoms with Gasteiger partial charge in [-0.2, -0.15) is 13.2 Å². The van der Waals surface area contributed by atoms with Gasteiger partial charge in [-0.1, -0.05) is 54.6 Å². The van der Waals surface area contributed by atoms with E-state index in [-0.39, 0.29) is 23.7 Å². The van der Waals surface area contributed by atoms with Crippen molar-refractivity contribution in [3.8, 4) is 5.75 Å². The second-order valence-corrected chi connectivity index (χ2v) is 10.2. The van der Waals surface area contributed by atoms with E-state index in [9.17, 15) is 22.8 Å². The number of hydrogen-bond acceptors (Lipinski definition) is 4. The minimum absolute atomic E-state index is 0.0100. The third-order valence-corrected chi connectivity index (χ3v) is 7.34. The maximum Gasteiger partial charge on any atom is 0.416 e. The number of likely N-dealkylation sites (tertiary alicyclic amines) is 1. The van der Waals surface area contributed by atoms with E-state index in [0.29, 0.717) is 29.0 Å². The van der Waals surface area contributed by atoms with Crippen molar-refractivity contribution in [2.24, 2.45) is 0 Å². The number of carbonyl (C=O) groups excluding carboxylic acids is 2. The van der Waals surface area contributed by atoms with Crippen LogP contribution in [0.4, 0.5) is 18.9 Å². The molecule has 0 bridgehead atoms. The first-order valence-corrected chi connectivity index (χ1v) is 13.6. The summed E-state index contributed by atoms with van der Waals surface area (Å²) in [5.74, 6) is -0.106. The van der Waals surface area contributed by atoms with E-state index >= 15 is 0 Å². The van der Waals surface area contributed by atoms with Gasteiger partial charge in [0.2, 0.25) is 0 Å². The number of fused-ring (bicyclic) bond motifs is 1. The van der Waals surface area contributed by atoms with Crippen molar-refractivity contribution in [1.82, 2.24) is 4.90 Å². The van der Waals surface area contributed by atoms with Crippen molar-refractivity contribution in [1.29, 1.82) is 0 Å². The van der Waals surface area contributed by atoms with Crippen LogP contribution in [0.15, 0.2) is 78.6 Å². The highest BCUT2D eigenvalue weighted by Crippen LogP contribution is 2.38. The molecule has 1 saturated heterocycles. The highest BCUT2D eigenvalue weighted by Gasteiger charge is 2.36. The molecule has 5 nitrogen and oxygen atoms in total. The monoisotopic (exact) mass is 548 g/mol. The van der Waals surface area contributed by atoms with E-state index < -0.39 is 17.6 Å². The lowest BCUT2D eigenvalue weighted by Gasteiger charge is -2.31. The van der Waals surface area contributed by atoms with E-state index in [1.165, 1.54) is 35.9 Å². The molecule has 8 heteroatoms. The van der Waals surface area contributed by atoms with Crippen molar-refractivity contribution in [3.63, 3.8) is 0 Å². The van der Waals surface area contributed by atoms with Crippen LogP contribution in [0, 0.1) is 0 Å². The van der Waals surface area contributed by atoms with E-state index in [0.717, 1.165) is 38.5 Å². The molecule has 0 spiro atoms. The van der Waals surface area contributed by atoms with E-state index in [1.54, 1.807) is 54.6 Å². The molecule has 1 fully saturated rings. The van der Waals surface area contributed by atoms with E-state index in [2.05, 4.69) is 4.90 Å². The fraction of sp³-hybridized carbons (Fsp3) is 0.312. The number of anilines is 1. The molecule has 5 rings (SSSR count). The molecule has 208 valence electrons. The second-order valence-electron chi connectivity index (χ2n) is 10.2. The molecule has 0 N–H and O–H groups in total. The van der Waals surface area contributed by atoms with Gasteiger partial charge in [-0.25, -0.2) is 0 Å². The molecule has 40 heavy (non-hydrogen) atoms. The molecule has 1 amide bonds. The van der Waals surface area contributed by atoms with Gasteiger partial charge in [0.25, 0.3) is 5.91 Å². The molecule has 0 unspecified atom stereocenters. The number of alkyl halides is 3. The first-order valence-electron chi connectivity index (χ1n) is 13.6. The molecule has 2 aliphatic rings. The van der Waals surface area contributed by atoms with Gasteiger partial charge in [0.05, 0.1) is 17.8 Å². The fourth-order valence-electron chi connectivity index (χ4n) is 5.21. The Morgan fingerprint density at radius 2 is 1.60 bits per heavy atom. The SMILES string of the molecule is O=C(CCCCN1CCCC1)c1ccc(/C=C2\Oc3ccccc3N(Cc3ccccc3C(F)(F)F)C2=O)cc1. The van der Waals surface area contributed by atoms with Crippen LogP contribution in [0.2, 0.25) is 0 Å². The molecule has 0 saturated carbocycles. The van der Waals surface area contributed by atoms with Crippen LogP contribution >= 0.6 is 0 Å². The number of amides is 1. The zero-order chi connectivity index (χ0) is 28.1. The van der Waals surface area contributed by atoms with Gasteiger partial charge < -0.3 is 9.64 Å². The van der Waals surface area contributed by atoms with Crippen LogP contribution in [-0.4, -0.2) is 36.2 Å². The second kappa shape index (κ2) is 12.1. The van der Waals surface area contributed by atoms with Crippen LogP contribution in [0.3, 0.4) is 0 Å². The average Bonchev–Trinajstić information content (AvgIpc) is 3.47. The van der Waals surface area contributed by atoms with Crippen LogP contribution in [0.5, 0.6) is 5.75 Å². The molecule has 3 aromatic rings. The predicted octanol–water partition coefficient (Wildman–Crippen LogP) is 7.12. The lowest BCUT2D eigenvalue weighted by Crippen LogP contribution is -2.37. The largest absolute Gasteiger partial charge is 0.449 e. The number of unbranched alkanes of at least 4 members (excludes halogenated alkanes) is 1. The standard InChI is InChI=1S/C32H31F3N2O3/c33-32(34,35)26-10-2-1-9-25(26)22-37-27-11-3-4-13-29(27)40-30(31(37)39)21-23-14-16-24(17-15-23)28(38)12-5-6-18-36-19-7-8-20-36/h1-4,9-11,13-17,21H,5-8,12,18-20,22H2/b30-21-.